The summed E-state index contributed by atoms with van der Waals surface area (Å²) in [6, 6.07) is 7.13. The van der Waals surface area contributed by atoms with Gasteiger partial charge in [0.15, 0.2) is 6.61 Å². The number of carbonyl (C=O) groups is 1. The number of rotatable bonds is 6. The lowest BCUT2D eigenvalue weighted by atomic mass is 10.2. The van der Waals surface area contributed by atoms with Gasteiger partial charge in [0.2, 0.25) is 5.82 Å². The number of aromatic nitrogens is 2. The van der Waals surface area contributed by atoms with Crippen LogP contribution < -0.4 is 9.47 Å². The van der Waals surface area contributed by atoms with Crippen LogP contribution in [0.3, 0.4) is 0 Å². The van der Waals surface area contributed by atoms with Crippen LogP contribution in [0.5, 0.6) is 11.5 Å². The highest BCUT2D eigenvalue weighted by atomic mass is 32.1. The van der Waals surface area contributed by atoms with Gasteiger partial charge in [0, 0.05) is 6.07 Å². The number of ether oxygens (including phenoxy) is 3. The molecule has 2 aromatic heterocycles. The topological polar surface area (TPSA) is 83.7 Å². The van der Waals surface area contributed by atoms with Crippen LogP contribution in [0.15, 0.2) is 34.2 Å². The summed E-state index contributed by atoms with van der Waals surface area (Å²) in [5.74, 6) is 1.35. The minimum Gasteiger partial charge on any atom is -0.497 e. The van der Waals surface area contributed by atoms with Crippen molar-refractivity contribution < 1.29 is 23.5 Å². The first-order valence-corrected chi connectivity index (χ1v) is 8.26. The fourth-order valence-corrected chi connectivity index (χ4v) is 3.00. The van der Waals surface area contributed by atoms with Gasteiger partial charge in [-0.25, -0.2) is 4.79 Å². The largest absolute Gasteiger partial charge is 0.497 e. The van der Waals surface area contributed by atoms with E-state index in [1.54, 1.807) is 32.4 Å². The van der Waals surface area contributed by atoms with E-state index in [2.05, 4.69) is 10.1 Å². The molecular weight excluding hydrogens is 344 g/mol. The van der Waals surface area contributed by atoms with E-state index in [0.717, 1.165) is 5.56 Å². The van der Waals surface area contributed by atoms with Gasteiger partial charge < -0.3 is 18.7 Å². The lowest BCUT2D eigenvalue weighted by Gasteiger charge is -2.07. The van der Waals surface area contributed by atoms with Gasteiger partial charge in [-0.15, -0.1) is 11.3 Å². The summed E-state index contributed by atoms with van der Waals surface area (Å²) in [7, 11) is 3.12. The Bertz CT molecular complexity index is 887. The van der Waals surface area contributed by atoms with E-state index in [-0.39, 0.29) is 12.5 Å². The van der Waals surface area contributed by atoms with Gasteiger partial charge in [0.25, 0.3) is 5.89 Å². The molecule has 7 nitrogen and oxygen atoms in total. The smallest absolute Gasteiger partial charge is 0.349 e. The highest BCUT2D eigenvalue weighted by molar-refractivity contribution is 7.12. The van der Waals surface area contributed by atoms with Gasteiger partial charge >= 0.3 is 5.97 Å². The first-order chi connectivity index (χ1) is 12.1. The van der Waals surface area contributed by atoms with Gasteiger partial charge in [-0.05, 0) is 36.1 Å². The molecule has 0 aliphatic carbocycles. The zero-order valence-electron chi connectivity index (χ0n) is 13.9. The summed E-state index contributed by atoms with van der Waals surface area (Å²) in [4.78, 5) is 16.8. The third kappa shape index (κ3) is 3.63. The molecule has 0 aliphatic heterocycles. The maximum absolute atomic E-state index is 12.0. The minimum atomic E-state index is -0.408. The van der Waals surface area contributed by atoms with Crippen LogP contribution in [0.25, 0.3) is 11.4 Å². The molecule has 0 saturated heterocycles. The first kappa shape index (κ1) is 17.0. The predicted molar refractivity (Wildman–Crippen MR) is 91.0 cm³/mol. The Morgan fingerprint density at radius 3 is 2.76 bits per heavy atom. The van der Waals surface area contributed by atoms with Gasteiger partial charge in [-0.2, -0.15) is 4.98 Å². The molecule has 0 bridgehead atoms. The zero-order valence-corrected chi connectivity index (χ0v) is 14.8. The Labute approximate surface area is 148 Å². The molecule has 0 aliphatic rings. The number of esters is 1. The van der Waals surface area contributed by atoms with Crippen molar-refractivity contribution in [3.05, 3.63) is 46.0 Å². The lowest BCUT2D eigenvalue weighted by molar-refractivity contribution is 0.0435. The maximum atomic E-state index is 12.0. The van der Waals surface area contributed by atoms with E-state index >= 15 is 0 Å². The normalized spacial score (nSPS) is 10.5. The monoisotopic (exact) mass is 360 g/mol. The van der Waals surface area contributed by atoms with Crippen molar-refractivity contribution in [3.8, 4) is 22.9 Å². The summed E-state index contributed by atoms with van der Waals surface area (Å²) in [5.41, 5.74) is 1.53. The Morgan fingerprint density at radius 2 is 2.08 bits per heavy atom. The summed E-state index contributed by atoms with van der Waals surface area (Å²) in [5, 5.41) is 5.75. The SMILES string of the molecule is COc1ccc(-c2noc(COC(=O)c3sccc3C)n2)c(OC)c1. The molecule has 0 amide bonds. The van der Waals surface area contributed by atoms with E-state index in [0.29, 0.717) is 27.8 Å². The van der Waals surface area contributed by atoms with Crippen molar-refractivity contribution in [2.75, 3.05) is 14.2 Å². The quantitative estimate of drug-likeness (QED) is 0.622. The van der Waals surface area contributed by atoms with Crippen LogP contribution in [-0.2, 0) is 11.3 Å². The number of nitrogens with zero attached hydrogens (tertiary/aromatic N) is 2. The highest BCUT2D eigenvalue weighted by Crippen LogP contribution is 2.31. The van der Waals surface area contributed by atoms with Crippen molar-refractivity contribution >= 4 is 17.3 Å². The van der Waals surface area contributed by atoms with Crippen LogP contribution >= 0.6 is 11.3 Å². The lowest BCUT2D eigenvalue weighted by Crippen LogP contribution is -2.04. The van der Waals surface area contributed by atoms with E-state index in [9.17, 15) is 4.79 Å². The summed E-state index contributed by atoms with van der Waals surface area (Å²) in [6.45, 7) is 1.76. The summed E-state index contributed by atoms with van der Waals surface area (Å²) >= 11 is 1.33. The number of benzene rings is 1. The van der Waals surface area contributed by atoms with Crippen molar-refractivity contribution in [1.29, 1.82) is 0 Å². The molecule has 0 fully saturated rings. The zero-order chi connectivity index (χ0) is 17.8. The molecule has 1 aromatic carbocycles. The number of hydrogen-bond acceptors (Lipinski definition) is 8. The van der Waals surface area contributed by atoms with Crippen LogP contribution in [0.2, 0.25) is 0 Å². The van der Waals surface area contributed by atoms with Crippen molar-refractivity contribution in [1.82, 2.24) is 10.1 Å². The number of carbonyl (C=O) groups excluding carboxylic acids is 1. The maximum Gasteiger partial charge on any atom is 0.349 e. The second-order valence-corrected chi connectivity index (χ2v) is 6.00. The molecular formula is C17H16N2O5S. The second kappa shape index (κ2) is 7.35. The van der Waals surface area contributed by atoms with Gasteiger partial charge in [0.1, 0.15) is 16.4 Å². The third-order valence-corrected chi connectivity index (χ3v) is 4.49. The Hall–Kier alpha value is -2.87. The fraction of sp³-hybridized carbons (Fsp3) is 0.235. The molecule has 25 heavy (non-hydrogen) atoms. The minimum absolute atomic E-state index is 0.0956. The average Bonchev–Trinajstić information content (AvgIpc) is 3.28. The van der Waals surface area contributed by atoms with E-state index in [1.807, 2.05) is 18.4 Å². The molecule has 130 valence electrons. The van der Waals surface area contributed by atoms with Crippen molar-refractivity contribution in [2.45, 2.75) is 13.5 Å². The molecule has 3 rings (SSSR count). The number of methoxy groups -OCH3 is 2. The molecule has 2 heterocycles. The molecule has 0 spiro atoms. The Balaban J connectivity index is 1.72. The van der Waals surface area contributed by atoms with Crippen LogP contribution in [-0.4, -0.2) is 30.3 Å². The molecule has 3 aromatic rings. The van der Waals surface area contributed by atoms with Gasteiger partial charge in [-0.3, -0.25) is 0 Å². The summed E-state index contributed by atoms with van der Waals surface area (Å²) in [6.07, 6.45) is 0. The number of hydrogen-bond donors (Lipinski definition) is 0. The molecule has 0 saturated carbocycles. The third-order valence-electron chi connectivity index (χ3n) is 3.49. The highest BCUT2D eigenvalue weighted by Gasteiger charge is 2.17. The predicted octanol–water partition coefficient (Wildman–Crippen LogP) is 3.48. The number of aryl methyl sites for hydroxylation is 1. The van der Waals surface area contributed by atoms with E-state index in [1.165, 1.54) is 11.3 Å². The van der Waals surface area contributed by atoms with Gasteiger partial charge in [0.05, 0.1) is 19.8 Å². The first-order valence-electron chi connectivity index (χ1n) is 7.38. The molecule has 0 atom stereocenters. The van der Waals surface area contributed by atoms with Crippen LogP contribution in [0.4, 0.5) is 0 Å². The van der Waals surface area contributed by atoms with Gasteiger partial charge in [-0.1, -0.05) is 5.16 Å². The van der Waals surface area contributed by atoms with Crippen molar-refractivity contribution in [3.63, 3.8) is 0 Å². The molecule has 0 N–H and O–H groups in total. The average molecular weight is 360 g/mol. The van der Waals surface area contributed by atoms with Crippen molar-refractivity contribution in [2.24, 2.45) is 0 Å². The second-order valence-electron chi connectivity index (χ2n) is 5.09. The molecule has 8 heteroatoms. The number of thiophene rings is 1. The fourth-order valence-electron chi connectivity index (χ4n) is 2.18. The molecule has 0 unspecified atom stereocenters. The van der Waals surface area contributed by atoms with Crippen LogP contribution in [0.1, 0.15) is 21.1 Å². The van der Waals surface area contributed by atoms with Crippen LogP contribution in [0, 0.1) is 6.92 Å². The Kier molecular flexibility index (Phi) is 4.99. The standard InChI is InChI=1S/C17H16N2O5S/c1-10-6-7-25-15(10)17(20)23-9-14-18-16(19-24-14)12-5-4-11(21-2)8-13(12)22-3/h4-8H,9H2,1-3H3. The summed E-state index contributed by atoms with van der Waals surface area (Å²) < 4.78 is 20.9. The van der Waals surface area contributed by atoms with E-state index in [4.69, 9.17) is 18.7 Å². The van der Waals surface area contributed by atoms with E-state index < -0.39 is 5.97 Å². The Morgan fingerprint density at radius 1 is 1.24 bits per heavy atom. The molecule has 0 radical (unpaired) electrons.